The highest BCUT2D eigenvalue weighted by Gasteiger charge is 2.36. The molecule has 0 atom stereocenters. The molecule has 1 aromatic rings. The Morgan fingerprint density at radius 3 is 2.32 bits per heavy atom. The normalized spacial score (nSPS) is 17.8. The molecule has 2 rings (SSSR count). The second-order valence-electron chi connectivity index (χ2n) is 5.12. The van der Waals surface area contributed by atoms with Gasteiger partial charge in [0.05, 0.1) is 19.8 Å². The van der Waals surface area contributed by atoms with Crippen LogP contribution in [-0.2, 0) is 0 Å². The number of ether oxygens (including phenoxy) is 2. The van der Waals surface area contributed by atoms with Crippen LogP contribution in [0.3, 0.4) is 0 Å². The van der Waals surface area contributed by atoms with E-state index in [4.69, 9.17) is 15.2 Å². The number of hydrogen-bond donors (Lipinski definition) is 1. The van der Waals surface area contributed by atoms with Gasteiger partial charge in [0.2, 0.25) is 0 Å². The van der Waals surface area contributed by atoms with Crippen LogP contribution in [0.15, 0.2) is 18.2 Å². The zero-order chi connectivity index (χ0) is 13.9. The summed E-state index contributed by atoms with van der Waals surface area (Å²) in [7, 11) is 3.13. The number of carbonyl (C=O) groups is 1. The first kappa shape index (κ1) is 13.9. The van der Waals surface area contributed by atoms with E-state index in [0.29, 0.717) is 17.1 Å². The topological polar surface area (TPSA) is 61.5 Å². The van der Waals surface area contributed by atoms with Gasteiger partial charge in [0, 0.05) is 5.56 Å². The molecule has 0 saturated heterocycles. The van der Waals surface area contributed by atoms with Crippen LogP contribution in [0.5, 0.6) is 11.5 Å². The lowest BCUT2D eigenvalue weighted by atomic mass is 9.77. The second-order valence-corrected chi connectivity index (χ2v) is 5.12. The summed E-state index contributed by atoms with van der Waals surface area (Å²) in [5.74, 6) is 1.19. The maximum atomic E-state index is 12.6. The smallest absolute Gasteiger partial charge is 0.182 e. The second kappa shape index (κ2) is 5.61. The van der Waals surface area contributed by atoms with E-state index >= 15 is 0 Å². The van der Waals surface area contributed by atoms with Gasteiger partial charge in [0.15, 0.2) is 17.3 Å². The van der Waals surface area contributed by atoms with Crippen LogP contribution in [-0.4, -0.2) is 25.5 Å². The van der Waals surface area contributed by atoms with Gasteiger partial charge in [0.25, 0.3) is 0 Å². The molecule has 1 aliphatic carbocycles. The molecule has 0 aromatic heterocycles. The van der Waals surface area contributed by atoms with Gasteiger partial charge in [-0.2, -0.15) is 0 Å². The molecule has 2 N–H and O–H groups in total. The molecule has 0 unspecified atom stereocenters. The molecule has 19 heavy (non-hydrogen) atoms. The quantitative estimate of drug-likeness (QED) is 0.848. The Balaban J connectivity index is 2.28. The van der Waals surface area contributed by atoms with Crippen LogP contribution in [0.1, 0.15) is 42.5 Å². The fourth-order valence-electron chi connectivity index (χ4n) is 2.67. The van der Waals surface area contributed by atoms with Gasteiger partial charge in [-0.25, -0.2) is 0 Å². The zero-order valence-corrected chi connectivity index (χ0v) is 11.6. The van der Waals surface area contributed by atoms with Crippen molar-refractivity contribution in [3.63, 3.8) is 0 Å². The molecule has 0 spiro atoms. The summed E-state index contributed by atoms with van der Waals surface area (Å²) < 4.78 is 10.4. The number of ketones is 1. The predicted octanol–water partition coefficient (Wildman–Crippen LogP) is 2.55. The number of nitrogens with two attached hydrogens (primary N) is 1. The van der Waals surface area contributed by atoms with Crippen molar-refractivity contribution < 1.29 is 14.3 Å². The number of rotatable bonds is 4. The van der Waals surface area contributed by atoms with E-state index < -0.39 is 5.54 Å². The number of carbonyl (C=O) groups excluding carboxylic acids is 1. The lowest BCUT2D eigenvalue weighted by Crippen LogP contribution is -2.49. The van der Waals surface area contributed by atoms with Crippen molar-refractivity contribution in [1.29, 1.82) is 0 Å². The van der Waals surface area contributed by atoms with Crippen molar-refractivity contribution in [3.8, 4) is 11.5 Å². The van der Waals surface area contributed by atoms with Gasteiger partial charge in [-0.05, 0) is 31.0 Å². The highest BCUT2D eigenvalue weighted by atomic mass is 16.5. The van der Waals surface area contributed by atoms with E-state index in [0.717, 1.165) is 32.1 Å². The van der Waals surface area contributed by atoms with Crippen molar-refractivity contribution in [2.75, 3.05) is 14.2 Å². The standard InChI is InChI=1S/C15H21NO3/c1-18-12-7-6-11(10-13(12)19-2)14(17)15(16)8-4-3-5-9-15/h6-7,10H,3-5,8-9,16H2,1-2H3. The maximum Gasteiger partial charge on any atom is 0.182 e. The van der Waals surface area contributed by atoms with E-state index in [1.807, 2.05) is 0 Å². The molecule has 0 aliphatic heterocycles. The molecular weight excluding hydrogens is 242 g/mol. The molecule has 1 aliphatic rings. The number of methoxy groups -OCH3 is 2. The molecule has 1 fully saturated rings. The van der Waals surface area contributed by atoms with E-state index in [1.165, 1.54) is 0 Å². The van der Waals surface area contributed by atoms with Gasteiger partial charge in [0.1, 0.15) is 0 Å². The average molecular weight is 263 g/mol. The fraction of sp³-hybridized carbons (Fsp3) is 0.533. The molecule has 0 bridgehead atoms. The summed E-state index contributed by atoms with van der Waals surface area (Å²) in [6, 6.07) is 5.22. The summed E-state index contributed by atoms with van der Waals surface area (Å²) in [6.07, 6.45) is 4.74. The van der Waals surface area contributed by atoms with Gasteiger partial charge in [-0.1, -0.05) is 19.3 Å². The fourth-order valence-corrected chi connectivity index (χ4v) is 2.67. The zero-order valence-electron chi connectivity index (χ0n) is 11.6. The van der Waals surface area contributed by atoms with Crippen molar-refractivity contribution in [1.82, 2.24) is 0 Å². The van der Waals surface area contributed by atoms with Crippen molar-refractivity contribution in [2.24, 2.45) is 5.73 Å². The Labute approximate surface area is 113 Å². The third-order valence-corrected chi connectivity index (χ3v) is 3.84. The predicted molar refractivity (Wildman–Crippen MR) is 73.9 cm³/mol. The van der Waals surface area contributed by atoms with E-state index in [-0.39, 0.29) is 5.78 Å². The van der Waals surface area contributed by atoms with E-state index in [9.17, 15) is 4.79 Å². The summed E-state index contributed by atoms with van der Waals surface area (Å²) >= 11 is 0. The third-order valence-electron chi connectivity index (χ3n) is 3.84. The molecule has 4 heteroatoms. The monoisotopic (exact) mass is 263 g/mol. The van der Waals surface area contributed by atoms with Crippen molar-refractivity contribution in [3.05, 3.63) is 23.8 Å². The minimum absolute atomic E-state index is 0.00755. The van der Waals surface area contributed by atoms with Crippen LogP contribution in [0, 0.1) is 0 Å². The van der Waals surface area contributed by atoms with Gasteiger partial charge < -0.3 is 15.2 Å². The third kappa shape index (κ3) is 2.73. The largest absolute Gasteiger partial charge is 0.493 e. The maximum absolute atomic E-state index is 12.6. The molecule has 1 aromatic carbocycles. The van der Waals surface area contributed by atoms with E-state index in [1.54, 1.807) is 32.4 Å². The highest BCUT2D eigenvalue weighted by Crippen LogP contribution is 2.32. The molecule has 1 saturated carbocycles. The Morgan fingerprint density at radius 1 is 1.11 bits per heavy atom. The number of hydrogen-bond acceptors (Lipinski definition) is 4. The lowest BCUT2D eigenvalue weighted by Gasteiger charge is -2.32. The van der Waals surface area contributed by atoms with Crippen LogP contribution in [0.2, 0.25) is 0 Å². The van der Waals surface area contributed by atoms with Crippen LogP contribution in [0.25, 0.3) is 0 Å². The molecule has 0 heterocycles. The molecule has 4 nitrogen and oxygen atoms in total. The summed E-state index contributed by atoms with van der Waals surface area (Å²) in [4.78, 5) is 12.6. The van der Waals surface area contributed by atoms with Gasteiger partial charge >= 0.3 is 0 Å². The van der Waals surface area contributed by atoms with Crippen LogP contribution < -0.4 is 15.2 Å². The van der Waals surface area contributed by atoms with Crippen molar-refractivity contribution in [2.45, 2.75) is 37.6 Å². The molecule has 0 radical (unpaired) electrons. The number of Topliss-reactive ketones (excluding diaryl/α,β-unsaturated/α-hetero) is 1. The first-order chi connectivity index (χ1) is 9.10. The van der Waals surface area contributed by atoms with Gasteiger partial charge in [-0.15, -0.1) is 0 Å². The minimum atomic E-state index is -0.710. The summed E-state index contributed by atoms with van der Waals surface area (Å²) in [5, 5.41) is 0. The molecule has 104 valence electrons. The number of benzene rings is 1. The lowest BCUT2D eigenvalue weighted by molar-refractivity contribution is 0.0847. The summed E-state index contributed by atoms with van der Waals surface area (Å²) in [6.45, 7) is 0. The molecular formula is C15H21NO3. The van der Waals surface area contributed by atoms with E-state index in [2.05, 4.69) is 0 Å². The summed E-state index contributed by atoms with van der Waals surface area (Å²) in [5.41, 5.74) is 6.16. The van der Waals surface area contributed by atoms with Gasteiger partial charge in [-0.3, -0.25) is 4.79 Å². The Morgan fingerprint density at radius 2 is 1.74 bits per heavy atom. The van der Waals surface area contributed by atoms with Crippen LogP contribution in [0.4, 0.5) is 0 Å². The Kier molecular flexibility index (Phi) is 4.10. The Hall–Kier alpha value is -1.55. The van der Waals surface area contributed by atoms with Crippen molar-refractivity contribution >= 4 is 5.78 Å². The van der Waals surface area contributed by atoms with Crippen LogP contribution >= 0.6 is 0 Å². The first-order valence-electron chi connectivity index (χ1n) is 6.66. The Bertz CT molecular complexity index is 464. The average Bonchev–Trinajstić information content (AvgIpc) is 2.46. The minimum Gasteiger partial charge on any atom is -0.493 e. The SMILES string of the molecule is COc1ccc(C(=O)C2(N)CCCCC2)cc1OC. The highest BCUT2D eigenvalue weighted by molar-refractivity contribution is 6.03. The first-order valence-corrected chi connectivity index (χ1v) is 6.66. The molecule has 0 amide bonds.